The lowest BCUT2D eigenvalue weighted by Crippen LogP contribution is -2.66. The first-order valence-corrected chi connectivity index (χ1v) is 24.4. The number of carbonyl (C=O) groups excluding carboxylic acids is 3. The molecule has 2 heterocycles. The molecule has 0 spiro atoms. The van der Waals surface area contributed by atoms with Crippen LogP contribution in [-0.2, 0) is 16.0 Å². The highest BCUT2D eigenvalue weighted by Crippen LogP contribution is 2.38. The zero-order valence-electron chi connectivity index (χ0n) is 38.8. The van der Waals surface area contributed by atoms with Gasteiger partial charge in [0.1, 0.15) is 23.7 Å². The van der Waals surface area contributed by atoms with E-state index in [2.05, 4.69) is 86.6 Å². The number of para-hydroxylation sites is 1. The van der Waals surface area contributed by atoms with Crippen molar-refractivity contribution in [3.8, 4) is 11.5 Å². The van der Waals surface area contributed by atoms with Crippen LogP contribution in [0, 0.1) is 6.92 Å². The van der Waals surface area contributed by atoms with Gasteiger partial charge in [-0.2, -0.15) is 0 Å². The fraction of sp³-hybridized carbons (Fsp3) is 0.346. The average molecular weight is 895 g/mol. The van der Waals surface area contributed by atoms with Gasteiger partial charge in [-0.3, -0.25) is 14.4 Å². The number of carbonyl (C=O) groups is 3. The standard InChI is InChI=1S/C52H62N6O6Si/c1-38-25-28-44(47(34-38)63-33-16-10-15-24-48(59)57-31-29-55(5)30-32-57)56(6)51(61)39-26-27-42(46(35-39)62-7)50(60)54-43-22-17-23-45-49(43)53-36-58(45)37-64-65(52(2,3)4,40-18-11-8-12-19-40)41-20-13-9-14-21-41/h8-9,11-14,17-23,25-28,34-36H,10,15-16,24,29-33,37H2,1-7H3,(H,54,60). The first-order chi connectivity index (χ1) is 31.3. The molecule has 1 fully saturated rings. The van der Waals surface area contributed by atoms with Crippen molar-refractivity contribution in [3.63, 3.8) is 0 Å². The molecule has 1 aliphatic rings. The number of ether oxygens (including phenoxy) is 2. The van der Waals surface area contributed by atoms with E-state index in [1.807, 2.05) is 64.9 Å². The van der Waals surface area contributed by atoms with Crippen molar-refractivity contribution >= 4 is 58.8 Å². The molecule has 12 nitrogen and oxygen atoms in total. The van der Waals surface area contributed by atoms with Crippen molar-refractivity contribution in [2.75, 3.05) is 64.2 Å². The summed E-state index contributed by atoms with van der Waals surface area (Å²) in [4.78, 5) is 51.1. The largest absolute Gasteiger partial charge is 0.496 e. The molecule has 1 N–H and O–H groups in total. The van der Waals surface area contributed by atoms with Gasteiger partial charge in [0, 0.05) is 45.2 Å². The van der Waals surface area contributed by atoms with Gasteiger partial charge in [0.25, 0.3) is 20.1 Å². The Bertz CT molecular complexity index is 2550. The lowest BCUT2D eigenvalue weighted by molar-refractivity contribution is -0.132. The van der Waals surface area contributed by atoms with Gasteiger partial charge < -0.3 is 38.5 Å². The number of anilines is 2. The van der Waals surface area contributed by atoms with Crippen LogP contribution in [0.15, 0.2) is 122 Å². The molecule has 7 rings (SSSR count). The highest BCUT2D eigenvalue weighted by molar-refractivity contribution is 6.99. The minimum atomic E-state index is -2.83. The Morgan fingerprint density at radius 1 is 0.800 bits per heavy atom. The molecule has 13 heteroatoms. The van der Waals surface area contributed by atoms with Crippen LogP contribution in [0.5, 0.6) is 11.5 Å². The Labute approximate surface area is 384 Å². The van der Waals surface area contributed by atoms with Crippen LogP contribution in [0.25, 0.3) is 11.0 Å². The fourth-order valence-corrected chi connectivity index (χ4v) is 13.2. The number of hydrogen-bond acceptors (Lipinski definition) is 8. The van der Waals surface area contributed by atoms with Gasteiger partial charge in [-0.1, -0.05) is 93.6 Å². The van der Waals surface area contributed by atoms with Crippen LogP contribution < -0.4 is 30.1 Å². The number of benzene rings is 5. The smallest absolute Gasteiger partial charge is 0.263 e. The lowest BCUT2D eigenvalue weighted by atomic mass is 10.1. The number of nitrogens with one attached hydrogen (secondary N) is 1. The molecule has 0 atom stereocenters. The third-order valence-electron chi connectivity index (χ3n) is 12.4. The molecule has 1 saturated heterocycles. The van der Waals surface area contributed by atoms with Crippen molar-refractivity contribution in [2.45, 2.75) is 65.1 Å². The minimum Gasteiger partial charge on any atom is -0.496 e. The number of nitrogens with zero attached hydrogens (tertiary/aromatic N) is 5. The van der Waals surface area contributed by atoms with Crippen molar-refractivity contribution in [1.29, 1.82) is 0 Å². The maximum Gasteiger partial charge on any atom is 0.263 e. The molecule has 0 bridgehead atoms. The molecule has 340 valence electrons. The lowest BCUT2D eigenvalue weighted by Gasteiger charge is -2.43. The van der Waals surface area contributed by atoms with E-state index in [4.69, 9.17) is 18.9 Å². The van der Waals surface area contributed by atoms with E-state index < -0.39 is 14.2 Å². The number of imidazole rings is 1. The topological polar surface area (TPSA) is 118 Å². The number of methoxy groups -OCH3 is 1. The van der Waals surface area contributed by atoms with Crippen LogP contribution >= 0.6 is 0 Å². The van der Waals surface area contributed by atoms with Crippen molar-refractivity contribution in [3.05, 3.63) is 138 Å². The van der Waals surface area contributed by atoms with Gasteiger partial charge in [-0.15, -0.1) is 0 Å². The van der Waals surface area contributed by atoms with Crippen LogP contribution in [0.2, 0.25) is 5.04 Å². The van der Waals surface area contributed by atoms with Gasteiger partial charge in [-0.05, 0) is 96.7 Å². The van der Waals surface area contributed by atoms with Gasteiger partial charge >= 0.3 is 0 Å². The van der Waals surface area contributed by atoms with Crippen molar-refractivity contribution in [1.82, 2.24) is 19.4 Å². The molecule has 1 aliphatic heterocycles. The summed E-state index contributed by atoms with van der Waals surface area (Å²) in [6.45, 7) is 12.9. The summed E-state index contributed by atoms with van der Waals surface area (Å²) in [5.41, 5.74) is 4.20. The molecule has 0 unspecified atom stereocenters. The maximum absolute atomic E-state index is 14.0. The fourth-order valence-electron chi connectivity index (χ4n) is 8.69. The number of fused-ring (bicyclic) bond motifs is 1. The van der Waals surface area contributed by atoms with E-state index >= 15 is 0 Å². The Morgan fingerprint density at radius 2 is 1.49 bits per heavy atom. The molecule has 65 heavy (non-hydrogen) atoms. The summed E-state index contributed by atoms with van der Waals surface area (Å²) in [5.74, 6) is 0.383. The molecular formula is C52H62N6O6Si. The summed E-state index contributed by atoms with van der Waals surface area (Å²) in [5, 5.41) is 5.21. The number of aromatic nitrogens is 2. The zero-order chi connectivity index (χ0) is 46.1. The Balaban J connectivity index is 1.01. The van der Waals surface area contributed by atoms with Gasteiger partial charge in [0.05, 0.1) is 42.5 Å². The van der Waals surface area contributed by atoms with E-state index in [0.717, 1.165) is 56.5 Å². The Morgan fingerprint density at radius 3 is 2.15 bits per heavy atom. The van der Waals surface area contributed by atoms with Crippen LogP contribution in [-0.4, -0.2) is 99.4 Å². The average Bonchev–Trinajstić information content (AvgIpc) is 3.74. The van der Waals surface area contributed by atoms with Crippen molar-refractivity contribution in [2.24, 2.45) is 0 Å². The van der Waals surface area contributed by atoms with E-state index in [9.17, 15) is 14.4 Å². The maximum atomic E-state index is 14.0. The second kappa shape index (κ2) is 20.7. The molecule has 0 radical (unpaired) electrons. The normalized spacial score (nSPS) is 13.4. The summed E-state index contributed by atoms with van der Waals surface area (Å²) >= 11 is 0. The highest BCUT2D eigenvalue weighted by Gasteiger charge is 2.50. The highest BCUT2D eigenvalue weighted by atomic mass is 28.4. The SMILES string of the molecule is COc1cc(C(=O)N(C)c2ccc(C)cc2OCCCCCC(=O)N2CCN(C)CC2)ccc1C(=O)Nc1cccc2c1ncn2CO[Si](c1ccccc1)(c1ccccc1)C(C)(C)C. The predicted octanol–water partition coefficient (Wildman–Crippen LogP) is 8.13. The number of hydrogen-bond donors (Lipinski definition) is 1. The van der Waals surface area contributed by atoms with Crippen LogP contribution in [0.3, 0.4) is 0 Å². The number of rotatable bonds is 17. The number of aryl methyl sites for hydroxylation is 1. The second-order valence-electron chi connectivity index (χ2n) is 17.9. The number of likely N-dealkylation sites (N-methyl/N-ethyl adjacent to an activating group) is 1. The number of piperazine rings is 1. The number of amides is 3. The third kappa shape index (κ3) is 10.5. The summed E-state index contributed by atoms with van der Waals surface area (Å²) in [7, 11) is 2.44. The Kier molecular flexibility index (Phi) is 14.9. The third-order valence-corrected chi connectivity index (χ3v) is 17.3. The van der Waals surface area contributed by atoms with E-state index in [1.165, 1.54) is 17.5 Å². The minimum absolute atomic E-state index is 0.201. The molecule has 3 amide bonds. The van der Waals surface area contributed by atoms with E-state index in [-0.39, 0.29) is 34.9 Å². The molecule has 0 aliphatic carbocycles. The van der Waals surface area contributed by atoms with Gasteiger partial charge in [0.2, 0.25) is 5.91 Å². The number of unbranched alkanes of at least 4 members (excludes halogenated alkanes) is 2. The monoisotopic (exact) mass is 894 g/mol. The second-order valence-corrected chi connectivity index (χ2v) is 22.2. The summed E-state index contributed by atoms with van der Waals surface area (Å²) < 4.78 is 21.1. The van der Waals surface area contributed by atoms with Crippen molar-refractivity contribution < 1.29 is 28.3 Å². The summed E-state index contributed by atoms with van der Waals surface area (Å²) in [6.07, 6.45) is 4.76. The zero-order valence-corrected chi connectivity index (χ0v) is 39.8. The first-order valence-electron chi connectivity index (χ1n) is 22.5. The molecule has 5 aromatic carbocycles. The summed E-state index contributed by atoms with van der Waals surface area (Å²) in [6, 6.07) is 37.2. The molecule has 0 saturated carbocycles. The molecular weight excluding hydrogens is 833 g/mol. The van der Waals surface area contributed by atoms with Crippen LogP contribution in [0.1, 0.15) is 72.7 Å². The van der Waals surface area contributed by atoms with E-state index in [1.54, 1.807) is 36.5 Å². The molecule has 1 aromatic heterocycles. The quantitative estimate of drug-likeness (QED) is 0.0721. The van der Waals surface area contributed by atoms with Gasteiger partial charge in [0.15, 0.2) is 0 Å². The first kappa shape index (κ1) is 46.7. The molecule has 6 aromatic rings. The van der Waals surface area contributed by atoms with Gasteiger partial charge in [-0.25, -0.2) is 4.98 Å². The Hall–Kier alpha value is -6.28. The van der Waals surface area contributed by atoms with Crippen LogP contribution in [0.4, 0.5) is 11.4 Å². The predicted molar refractivity (Wildman–Crippen MR) is 261 cm³/mol. The van der Waals surface area contributed by atoms with E-state index in [0.29, 0.717) is 41.2 Å².